The first kappa shape index (κ1) is 16.7. The van der Waals surface area contributed by atoms with Crippen molar-refractivity contribution in [3.05, 3.63) is 12.2 Å². The summed E-state index contributed by atoms with van der Waals surface area (Å²) in [6.45, 7) is 9.59. The number of allylic oxidation sites excluding steroid dienone is 1. The second kappa shape index (κ2) is 5.27. The highest BCUT2D eigenvalue weighted by Gasteiger charge is 2.82. The van der Waals surface area contributed by atoms with Crippen LogP contribution < -0.4 is 0 Å². The zero-order valence-electron chi connectivity index (χ0n) is 14.9. The number of aliphatic hydroxyl groups excluding tert-OH is 2. The highest BCUT2D eigenvalue weighted by atomic mass is 16.7. The maximum Gasteiger partial charge on any atom is 0.167 e. The van der Waals surface area contributed by atoms with Gasteiger partial charge in [-0.2, -0.15) is 0 Å². The van der Waals surface area contributed by atoms with Crippen LogP contribution in [-0.2, 0) is 18.9 Å². The molecule has 0 aromatic rings. The molecule has 10 atom stereocenters. The first-order valence-corrected chi connectivity index (χ1v) is 9.44. The van der Waals surface area contributed by atoms with Gasteiger partial charge in [0.1, 0.15) is 0 Å². The molecule has 4 heterocycles. The maximum absolute atomic E-state index is 11.1. The van der Waals surface area contributed by atoms with Crippen LogP contribution in [-0.4, -0.2) is 66.8 Å². The number of rotatable bonds is 3. The Labute approximate surface area is 148 Å². The Morgan fingerprint density at radius 3 is 2.60 bits per heavy atom. The summed E-state index contributed by atoms with van der Waals surface area (Å²) in [6.07, 6.45) is -0.489. The number of aliphatic hydroxyl groups is 2. The van der Waals surface area contributed by atoms with Crippen molar-refractivity contribution in [3.8, 4) is 0 Å². The second-order valence-electron chi connectivity index (χ2n) is 8.78. The van der Waals surface area contributed by atoms with Gasteiger partial charge in [-0.25, -0.2) is 0 Å². The molecule has 5 fully saturated rings. The first-order valence-electron chi connectivity index (χ1n) is 9.44. The van der Waals surface area contributed by atoms with Crippen LogP contribution in [0.15, 0.2) is 12.2 Å². The molecule has 5 aliphatic rings. The molecule has 1 aliphatic carbocycles. The lowest BCUT2D eigenvalue weighted by Crippen LogP contribution is -2.55. The zero-order valence-corrected chi connectivity index (χ0v) is 14.9. The molecule has 6 unspecified atom stereocenters. The predicted octanol–water partition coefficient (Wildman–Crippen LogP) is 0.856. The lowest BCUT2D eigenvalue weighted by atomic mass is 9.56. The number of ether oxygens (including phenoxy) is 4. The van der Waals surface area contributed by atoms with Crippen LogP contribution in [0.4, 0.5) is 0 Å². The largest absolute Gasteiger partial charge is 0.390 e. The summed E-state index contributed by atoms with van der Waals surface area (Å²) < 4.78 is 24.3. The number of hydrogen-bond donors (Lipinski definition) is 2. The van der Waals surface area contributed by atoms with E-state index in [0.717, 1.165) is 12.0 Å². The van der Waals surface area contributed by atoms with Crippen LogP contribution >= 0.6 is 0 Å². The molecule has 5 rings (SSSR count). The SMILES string of the molecule is C=C(C)[C@@H]1CC2OCC3OC4OC[C@H](O)C41C23CC1OC[C@@H](C)[C@H]1O. The molecule has 4 saturated heterocycles. The van der Waals surface area contributed by atoms with Crippen LogP contribution in [0.3, 0.4) is 0 Å². The van der Waals surface area contributed by atoms with Crippen molar-refractivity contribution in [1.82, 2.24) is 0 Å². The van der Waals surface area contributed by atoms with Crippen LogP contribution in [0.5, 0.6) is 0 Å². The molecule has 1 saturated carbocycles. The molecule has 0 aromatic carbocycles. The summed E-state index contributed by atoms with van der Waals surface area (Å²) in [5, 5.41) is 21.7. The minimum absolute atomic E-state index is 0.0211. The molecule has 6 nitrogen and oxygen atoms in total. The third-order valence-corrected chi connectivity index (χ3v) is 7.74. The smallest absolute Gasteiger partial charge is 0.167 e. The van der Waals surface area contributed by atoms with Gasteiger partial charge < -0.3 is 29.2 Å². The molecular weight excluding hydrogens is 324 g/mol. The van der Waals surface area contributed by atoms with Crippen molar-refractivity contribution >= 4 is 0 Å². The molecule has 1 spiro atoms. The van der Waals surface area contributed by atoms with Gasteiger partial charge in [0, 0.05) is 11.3 Å². The van der Waals surface area contributed by atoms with Gasteiger partial charge in [-0.1, -0.05) is 19.1 Å². The Kier molecular flexibility index (Phi) is 3.51. The van der Waals surface area contributed by atoms with Gasteiger partial charge in [0.2, 0.25) is 0 Å². The van der Waals surface area contributed by atoms with Gasteiger partial charge in [-0.05, 0) is 25.7 Å². The molecule has 4 aliphatic heterocycles. The zero-order chi connectivity index (χ0) is 17.6. The van der Waals surface area contributed by atoms with E-state index in [1.807, 2.05) is 13.8 Å². The summed E-state index contributed by atoms with van der Waals surface area (Å²) in [5.41, 5.74) is 0.0874. The summed E-state index contributed by atoms with van der Waals surface area (Å²) in [6, 6.07) is 0. The van der Waals surface area contributed by atoms with E-state index >= 15 is 0 Å². The summed E-state index contributed by atoms with van der Waals surface area (Å²) in [4.78, 5) is 0. The molecule has 6 heteroatoms. The maximum atomic E-state index is 11.1. The van der Waals surface area contributed by atoms with Crippen LogP contribution in [0.1, 0.15) is 26.7 Å². The molecule has 2 N–H and O–H groups in total. The lowest BCUT2D eigenvalue weighted by molar-refractivity contribution is -0.146. The fourth-order valence-corrected chi connectivity index (χ4v) is 6.68. The van der Waals surface area contributed by atoms with Crippen molar-refractivity contribution in [3.63, 3.8) is 0 Å². The van der Waals surface area contributed by atoms with Crippen molar-refractivity contribution in [2.75, 3.05) is 19.8 Å². The Morgan fingerprint density at radius 1 is 1.12 bits per heavy atom. The van der Waals surface area contributed by atoms with E-state index in [0.29, 0.717) is 19.6 Å². The number of hydrogen-bond acceptors (Lipinski definition) is 6. The van der Waals surface area contributed by atoms with E-state index in [4.69, 9.17) is 18.9 Å². The monoisotopic (exact) mass is 352 g/mol. The third kappa shape index (κ3) is 1.76. The standard InChI is InChI=1S/C19H28O6/c1-9(2)11-4-14-18(5-12-16(21)10(3)6-22-12)15(8-23-14)25-17-19(11,18)13(20)7-24-17/h10-17,20-21H,1,4-8H2,2-3H3/t10-,11+,12?,13+,14?,15?,16-,17?,18?,19?/m1/s1. The molecule has 0 aromatic heterocycles. The minimum atomic E-state index is -0.619. The average molecular weight is 352 g/mol. The van der Waals surface area contributed by atoms with E-state index < -0.39 is 29.3 Å². The van der Waals surface area contributed by atoms with Crippen LogP contribution in [0, 0.1) is 22.7 Å². The van der Waals surface area contributed by atoms with Gasteiger partial charge in [-0.3, -0.25) is 0 Å². The lowest BCUT2D eigenvalue weighted by Gasteiger charge is -2.45. The second-order valence-corrected chi connectivity index (χ2v) is 8.78. The molecule has 0 radical (unpaired) electrons. The summed E-state index contributed by atoms with van der Waals surface area (Å²) in [7, 11) is 0. The van der Waals surface area contributed by atoms with Crippen molar-refractivity contribution in [2.45, 2.75) is 63.5 Å². The summed E-state index contributed by atoms with van der Waals surface area (Å²) in [5.74, 6) is 0.207. The Balaban J connectivity index is 1.61. The van der Waals surface area contributed by atoms with Gasteiger partial charge in [0.05, 0.1) is 55.8 Å². The Hall–Kier alpha value is -0.500. The van der Waals surface area contributed by atoms with Crippen LogP contribution in [0.25, 0.3) is 0 Å². The van der Waals surface area contributed by atoms with Gasteiger partial charge in [0.25, 0.3) is 0 Å². The van der Waals surface area contributed by atoms with E-state index in [-0.39, 0.29) is 36.8 Å². The van der Waals surface area contributed by atoms with Crippen LogP contribution in [0.2, 0.25) is 0 Å². The van der Waals surface area contributed by atoms with Crippen molar-refractivity contribution < 1.29 is 29.2 Å². The Morgan fingerprint density at radius 2 is 1.92 bits per heavy atom. The Bertz CT molecular complexity index is 594. The topological polar surface area (TPSA) is 77.4 Å². The van der Waals surface area contributed by atoms with E-state index in [1.54, 1.807) is 0 Å². The highest BCUT2D eigenvalue weighted by Crippen LogP contribution is 2.74. The predicted molar refractivity (Wildman–Crippen MR) is 87.7 cm³/mol. The normalized spacial score (nSPS) is 59.4. The van der Waals surface area contributed by atoms with Gasteiger partial charge >= 0.3 is 0 Å². The minimum Gasteiger partial charge on any atom is -0.390 e. The van der Waals surface area contributed by atoms with E-state index in [2.05, 4.69) is 6.58 Å². The van der Waals surface area contributed by atoms with Gasteiger partial charge in [-0.15, -0.1) is 0 Å². The molecule has 140 valence electrons. The highest BCUT2D eigenvalue weighted by molar-refractivity contribution is 5.30. The van der Waals surface area contributed by atoms with Gasteiger partial charge in [0.15, 0.2) is 6.29 Å². The molecule has 0 bridgehead atoms. The third-order valence-electron chi connectivity index (χ3n) is 7.74. The first-order chi connectivity index (χ1) is 11.9. The quantitative estimate of drug-likeness (QED) is 0.734. The van der Waals surface area contributed by atoms with E-state index in [1.165, 1.54) is 0 Å². The summed E-state index contributed by atoms with van der Waals surface area (Å²) >= 11 is 0. The molecule has 0 amide bonds. The molecular formula is C19H28O6. The van der Waals surface area contributed by atoms with Crippen molar-refractivity contribution in [2.24, 2.45) is 22.7 Å². The van der Waals surface area contributed by atoms with Crippen molar-refractivity contribution in [1.29, 1.82) is 0 Å². The average Bonchev–Trinajstić information content (AvgIpc) is 3.29. The fraction of sp³-hybridized carbons (Fsp3) is 0.895. The van der Waals surface area contributed by atoms with E-state index in [9.17, 15) is 10.2 Å². The molecule has 25 heavy (non-hydrogen) atoms. The fourth-order valence-electron chi connectivity index (χ4n) is 6.68.